The van der Waals surface area contributed by atoms with Crippen LogP contribution in [0.2, 0.25) is 0 Å². The molecule has 0 radical (unpaired) electrons. The number of hydrogen-bond acceptors (Lipinski definition) is 4. The molecule has 0 bridgehead atoms. The molecular formula is C14H18N4O. The van der Waals surface area contributed by atoms with Crippen LogP contribution in [0.25, 0.3) is 0 Å². The summed E-state index contributed by atoms with van der Waals surface area (Å²) in [4.78, 5) is 18.1. The zero-order valence-electron chi connectivity index (χ0n) is 11.1. The second-order valence-electron chi connectivity index (χ2n) is 4.76. The second-order valence-corrected chi connectivity index (χ2v) is 4.76. The van der Waals surface area contributed by atoms with E-state index in [-0.39, 0.29) is 12.5 Å². The van der Waals surface area contributed by atoms with Gasteiger partial charge >= 0.3 is 0 Å². The van der Waals surface area contributed by atoms with Gasteiger partial charge in [0.1, 0.15) is 11.9 Å². The number of pyridine rings is 1. The van der Waals surface area contributed by atoms with Crippen LogP contribution in [0.1, 0.15) is 30.5 Å². The predicted octanol–water partition coefficient (Wildman–Crippen LogP) is 1.69. The van der Waals surface area contributed by atoms with Gasteiger partial charge in [0.15, 0.2) is 0 Å². The molecule has 1 aromatic heterocycles. The normalized spacial score (nSPS) is 14.8. The summed E-state index contributed by atoms with van der Waals surface area (Å²) >= 11 is 0. The average Bonchev–Trinajstić information content (AvgIpc) is 2.46. The lowest BCUT2D eigenvalue weighted by molar-refractivity contribution is -0.130. The van der Waals surface area contributed by atoms with Crippen LogP contribution in [0.3, 0.4) is 0 Å². The molecule has 0 unspecified atom stereocenters. The number of nitriles is 1. The molecule has 1 fully saturated rings. The molecule has 0 aromatic carbocycles. The van der Waals surface area contributed by atoms with Gasteiger partial charge in [0, 0.05) is 18.8 Å². The molecule has 1 aliphatic heterocycles. The molecule has 19 heavy (non-hydrogen) atoms. The molecule has 0 aliphatic carbocycles. The van der Waals surface area contributed by atoms with Crippen molar-refractivity contribution in [2.45, 2.75) is 26.2 Å². The Morgan fingerprint density at radius 3 is 2.84 bits per heavy atom. The number of carbonyl (C=O) groups excluding carboxylic acids is 1. The van der Waals surface area contributed by atoms with Gasteiger partial charge in [-0.15, -0.1) is 0 Å². The third-order valence-corrected chi connectivity index (χ3v) is 3.27. The first-order valence-electron chi connectivity index (χ1n) is 6.60. The second kappa shape index (κ2) is 6.19. The van der Waals surface area contributed by atoms with E-state index < -0.39 is 0 Å². The third-order valence-electron chi connectivity index (χ3n) is 3.27. The highest BCUT2D eigenvalue weighted by atomic mass is 16.2. The molecule has 0 spiro atoms. The largest absolute Gasteiger partial charge is 0.360 e. The van der Waals surface area contributed by atoms with Gasteiger partial charge in [0.05, 0.1) is 12.1 Å². The number of anilines is 1. The monoisotopic (exact) mass is 258 g/mol. The van der Waals surface area contributed by atoms with Gasteiger partial charge < -0.3 is 10.2 Å². The zero-order valence-corrected chi connectivity index (χ0v) is 11.1. The SMILES string of the molecule is Cc1ccc(C#N)c(NCC(=O)N2CCCCC2)n1. The molecular weight excluding hydrogens is 240 g/mol. The number of hydrogen-bond donors (Lipinski definition) is 1. The van der Waals surface area contributed by atoms with Crippen molar-refractivity contribution in [2.75, 3.05) is 25.0 Å². The van der Waals surface area contributed by atoms with Crippen molar-refractivity contribution in [3.63, 3.8) is 0 Å². The van der Waals surface area contributed by atoms with Crippen molar-refractivity contribution in [3.05, 3.63) is 23.4 Å². The fourth-order valence-corrected chi connectivity index (χ4v) is 2.20. The van der Waals surface area contributed by atoms with Crippen LogP contribution in [-0.2, 0) is 4.79 Å². The van der Waals surface area contributed by atoms with E-state index in [2.05, 4.69) is 16.4 Å². The topological polar surface area (TPSA) is 69.0 Å². The Kier molecular flexibility index (Phi) is 4.35. The van der Waals surface area contributed by atoms with E-state index in [1.54, 1.807) is 12.1 Å². The Bertz CT molecular complexity index is 501. The molecule has 1 N–H and O–H groups in total. The Labute approximate surface area is 113 Å². The maximum Gasteiger partial charge on any atom is 0.241 e. The number of carbonyl (C=O) groups is 1. The molecule has 2 rings (SSSR count). The van der Waals surface area contributed by atoms with Crippen molar-refractivity contribution in [3.8, 4) is 6.07 Å². The van der Waals surface area contributed by atoms with Gasteiger partial charge in [-0.2, -0.15) is 5.26 Å². The van der Waals surface area contributed by atoms with Gasteiger partial charge in [0.25, 0.3) is 0 Å². The summed E-state index contributed by atoms with van der Waals surface area (Å²) in [5, 5.41) is 12.0. The number of piperidine rings is 1. The number of amides is 1. The van der Waals surface area contributed by atoms with E-state index in [1.165, 1.54) is 6.42 Å². The summed E-state index contributed by atoms with van der Waals surface area (Å²) in [7, 11) is 0. The van der Waals surface area contributed by atoms with E-state index >= 15 is 0 Å². The Balaban J connectivity index is 1.96. The molecule has 1 saturated heterocycles. The minimum atomic E-state index is 0.0758. The van der Waals surface area contributed by atoms with Gasteiger partial charge in [-0.1, -0.05) is 0 Å². The first kappa shape index (κ1) is 13.3. The van der Waals surface area contributed by atoms with Crippen molar-refractivity contribution in [1.29, 1.82) is 5.26 Å². The number of aryl methyl sites for hydroxylation is 1. The maximum atomic E-state index is 12.0. The summed E-state index contributed by atoms with van der Waals surface area (Å²) < 4.78 is 0. The van der Waals surface area contributed by atoms with E-state index in [0.717, 1.165) is 31.6 Å². The van der Waals surface area contributed by atoms with Crippen molar-refractivity contribution in [1.82, 2.24) is 9.88 Å². The highest BCUT2D eigenvalue weighted by molar-refractivity contribution is 5.81. The van der Waals surface area contributed by atoms with E-state index in [9.17, 15) is 4.79 Å². The number of likely N-dealkylation sites (tertiary alicyclic amines) is 1. The standard InChI is InChI=1S/C14H18N4O/c1-11-5-6-12(9-15)14(17-11)16-10-13(19)18-7-3-2-4-8-18/h5-6H,2-4,7-8,10H2,1H3,(H,16,17). The maximum absolute atomic E-state index is 12.0. The summed E-state index contributed by atoms with van der Waals surface area (Å²) in [5.74, 6) is 0.569. The summed E-state index contributed by atoms with van der Waals surface area (Å²) in [5.41, 5.74) is 1.30. The Morgan fingerprint density at radius 2 is 2.16 bits per heavy atom. The van der Waals surface area contributed by atoms with Crippen LogP contribution >= 0.6 is 0 Å². The molecule has 1 aliphatic rings. The number of nitrogens with one attached hydrogen (secondary N) is 1. The van der Waals surface area contributed by atoms with E-state index in [4.69, 9.17) is 5.26 Å². The predicted molar refractivity (Wildman–Crippen MR) is 72.6 cm³/mol. The zero-order chi connectivity index (χ0) is 13.7. The minimum Gasteiger partial charge on any atom is -0.360 e. The fourth-order valence-electron chi connectivity index (χ4n) is 2.20. The van der Waals surface area contributed by atoms with Crippen LogP contribution in [0.4, 0.5) is 5.82 Å². The van der Waals surface area contributed by atoms with Crippen molar-refractivity contribution < 1.29 is 4.79 Å². The van der Waals surface area contributed by atoms with Crippen LogP contribution in [-0.4, -0.2) is 35.4 Å². The van der Waals surface area contributed by atoms with Gasteiger partial charge in [-0.25, -0.2) is 4.98 Å². The van der Waals surface area contributed by atoms with Gasteiger partial charge in [0.2, 0.25) is 5.91 Å². The molecule has 0 saturated carbocycles. The molecule has 1 aromatic rings. The summed E-state index contributed by atoms with van der Waals surface area (Å²) in [6.45, 7) is 3.74. The summed E-state index contributed by atoms with van der Waals surface area (Å²) in [6.07, 6.45) is 3.37. The highest BCUT2D eigenvalue weighted by Gasteiger charge is 2.16. The van der Waals surface area contributed by atoms with Crippen LogP contribution in [0, 0.1) is 18.3 Å². The van der Waals surface area contributed by atoms with Crippen molar-refractivity contribution in [2.24, 2.45) is 0 Å². The number of rotatable bonds is 3. The van der Waals surface area contributed by atoms with Gasteiger partial charge in [-0.05, 0) is 38.3 Å². The van der Waals surface area contributed by atoms with E-state index in [1.807, 2.05) is 11.8 Å². The van der Waals surface area contributed by atoms with Crippen molar-refractivity contribution >= 4 is 11.7 Å². The van der Waals surface area contributed by atoms with Gasteiger partial charge in [-0.3, -0.25) is 4.79 Å². The average molecular weight is 258 g/mol. The lowest BCUT2D eigenvalue weighted by Crippen LogP contribution is -2.39. The molecule has 0 atom stereocenters. The minimum absolute atomic E-state index is 0.0758. The molecule has 5 nitrogen and oxygen atoms in total. The first-order chi connectivity index (χ1) is 9.20. The lowest BCUT2D eigenvalue weighted by atomic mass is 10.1. The first-order valence-corrected chi connectivity index (χ1v) is 6.60. The lowest BCUT2D eigenvalue weighted by Gasteiger charge is -2.26. The third kappa shape index (κ3) is 3.44. The van der Waals surface area contributed by atoms with Crippen LogP contribution in [0.15, 0.2) is 12.1 Å². The Morgan fingerprint density at radius 1 is 1.42 bits per heavy atom. The molecule has 2 heterocycles. The highest BCUT2D eigenvalue weighted by Crippen LogP contribution is 2.13. The molecule has 1 amide bonds. The number of aromatic nitrogens is 1. The summed E-state index contributed by atoms with van der Waals surface area (Å²) in [6, 6.07) is 5.58. The molecule has 100 valence electrons. The fraction of sp³-hybridized carbons (Fsp3) is 0.500. The smallest absolute Gasteiger partial charge is 0.241 e. The molecule has 5 heteroatoms. The van der Waals surface area contributed by atoms with E-state index in [0.29, 0.717) is 11.4 Å². The Hall–Kier alpha value is -2.09. The van der Waals surface area contributed by atoms with Crippen LogP contribution in [0.5, 0.6) is 0 Å². The quantitative estimate of drug-likeness (QED) is 0.895. The number of nitrogens with zero attached hydrogens (tertiary/aromatic N) is 3. The van der Waals surface area contributed by atoms with Crippen LogP contribution < -0.4 is 5.32 Å².